The molecule has 2 heterocycles. The highest BCUT2D eigenvalue weighted by Crippen LogP contribution is 2.34. The molecule has 1 fully saturated rings. The van der Waals surface area contributed by atoms with E-state index in [0.717, 1.165) is 4.90 Å². The van der Waals surface area contributed by atoms with Gasteiger partial charge in [0.25, 0.3) is 5.91 Å². The van der Waals surface area contributed by atoms with E-state index in [9.17, 15) is 22.4 Å². The fourth-order valence-electron chi connectivity index (χ4n) is 3.02. The van der Waals surface area contributed by atoms with Crippen LogP contribution in [-0.4, -0.2) is 34.6 Å². The Morgan fingerprint density at radius 2 is 2.04 bits per heavy atom. The van der Waals surface area contributed by atoms with Crippen LogP contribution in [0.2, 0.25) is 0 Å². The van der Waals surface area contributed by atoms with Gasteiger partial charge in [-0.3, -0.25) is 9.78 Å². The number of likely N-dealkylation sites (tertiary alicyclic amines) is 1. The molecule has 1 aromatic carbocycles. The van der Waals surface area contributed by atoms with Gasteiger partial charge in [0.1, 0.15) is 11.9 Å². The van der Waals surface area contributed by atoms with E-state index >= 15 is 0 Å². The summed E-state index contributed by atoms with van der Waals surface area (Å²) in [5, 5.41) is 0.356. The van der Waals surface area contributed by atoms with Crippen molar-refractivity contribution in [2.75, 3.05) is 6.54 Å². The van der Waals surface area contributed by atoms with Crippen LogP contribution in [0.3, 0.4) is 0 Å². The molecule has 0 bridgehead atoms. The molecule has 1 amide bonds. The number of carbonyl (C=O) groups excluding carboxylic acids is 1. The van der Waals surface area contributed by atoms with Crippen LogP contribution in [0.1, 0.15) is 28.9 Å². The molecule has 1 aliphatic rings. The van der Waals surface area contributed by atoms with Gasteiger partial charge in [-0.05, 0) is 38.0 Å². The van der Waals surface area contributed by atoms with E-state index in [4.69, 9.17) is 0 Å². The SMILES string of the molecule is Cc1cc(C(=O)N2CCC[C@@H]2C(F)(F)F)c2ccc(F)cc2n1. The highest BCUT2D eigenvalue weighted by Gasteiger charge is 2.48. The summed E-state index contributed by atoms with van der Waals surface area (Å²) in [4.78, 5) is 17.7. The predicted octanol–water partition coefficient (Wildman–Crippen LogP) is 3.85. The van der Waals surface area contributed by atoms with Crippen LogP contribution in [0.15, 0.2) is 24.3 Å². The number of halogens is 4. The van der Waals surface area contributed by atoms with Gasteiger partial charge in [0.15, 0.2) is 0 Å². The summed E-state index contributed by atoms with van der Waals surface area (Å²) in [5.41, 5.74) is 0.842. The molecular weight excluding hydrogens is 312 g/mol. The van der Waals surface area contributed by atoms with Crippen molar-refractivity contribution in [3.8, 4) is 0 Å². The normalized spacial score (nSPS) is 18.7. The highest BCUT2D eigenvalue weighted by atomic mass is 19.4. The van der Waals surface area contributed by atoms with Crippen molar-refractivity contribution in [2.45, 2.75) is 32.0 Å². The van der Waals surface area contributed by atoms with Crippen LogP contribution >= 0.6 is 0 Å². The molecule has 0 saturated carbocycles. The molecular formula is C16H14F4N2O. The number of alkyl halides is 3. The topological polar surface area (TPSA) is 33.2 Å². The van der Waals surface area contributed by atoms with Gasteiger partial charge in [-0.1, -0.05) is 0 Å². The fourth-order valence-corrected chi connectivity index (χ4v) is 3.02. The summed E-state index contributed by atoms with van der Waals surface area (Å²) in [6.45, 7) is 1.68. The Hall–Kier alpha value is -2.18. The molecule has 0 aliphatic carbocycles. The van der Waals surface area contributed by atoms with E-state index in [-0.39, 0.29) is 24.0 Å². The first-order chi connectivity index (χ1) is 10.8. The van der Waals surface area contributed by atoms with E-state index in [1.807, 2.05) is 0 Å². The first-order valence-electron chi connectivity index (χ1n) is 7.22. The maximum atomic E-state index is 13.3. The molecule has 1 aliphatic heterocycles. The molecule has 0 spiro atoms. The standard InChI is InChI=1S/C16H14F4N2O/c1-9-7-12(11-5-4-10(17)8-13(11)21-9)15(23)22-6-2-3-14(22)16(18,19)20/h4-5,7-8,14H,2-3,6H2,1H3/t14-/m1/s1. The summed E-state index contributed by atoms with van der Waals surface area (Å²) in [5.74, 6) is -1.20. The van der Waals surface area contributed by atoms with Gasteiger partial charge in [-0.2, -0.15) is 13.2 Å². The van der Waals surface area contributed by atoms with Crippen molar-refractivity contribution in [3.63, 3.8) is 0 Å². The van der Waals surface area contributed by atoms with Crippen molar-refractivity contribution < 1.29 is 22.4 Å². The third-order valence-electron chi connectivity index (χ3n) is 4.02. The minimum Gasteiger partial charge on any atom is -0.327 e. The maximum Gasteiger partial charge on any atom is 0.408 e. The lowest BCUT2D eigenvalue weighted by atomic mass is 10.1. The van der Waals surface area contributed by atoms with Gasteiger partial charge in [-0.25, -0.2) is 4.39 Å². The average molecular weight is 326 g/mol. The van der Waals surface area contributed by atoms with Crippen molar-refractivity contribution in [1.82, 2.24) is 9.88 Å². The summed E-state index contributed by atoms with van der Waals surface area (Å²) >= 11 is 0. The number of nitrogens with zero attached hydrogens (tertiary/aromatic N) is 2. The Morgan fingerprint density at radius 1 is 1.30 bits per heavy atom. The molecule has 1 atom stereocenters. The quantitative estimate of drug-likeness (QED) is 0.746. The molecule has 122 valence electrons. The molecule has 0 N–H and O–H groups in total. The Balaban J connectivity index is 2.07. The number of hydrogen-bond acceptors (Lipinski definition) is 2. The van der Waals surface area contributed by atoms with Crippen molar-refractivity contribution in [3.05, 3.63) is 41.3 Å². The van der Waals surface area contributed by atoms with Gasteiger partial charge >= 0.3 is 6.18 Å². The number of aromatic nitrogens is 1. The van der Waals surface area contributed by atoms with Crippen molar-refractivity contribution >= 4 is 16.8 Å². The third-order valence-corrected chi connectivity index (χ3v) is 4.02. The molecule has 0 unspecified atom stereocenters. The molecule has 23 heavy (non-hydrogen) atoms. The minimum atomic E-state index is -4.45. The predicted molar refractivity (Wildman–Crippen MR) is 76.6 cm³/mol. The van der Waals surface area contributed by atoms with Gasteiger partial charge in [-0.15, -0.1) is 0 Å². The Kier molecular flexibility index (Phi) is 3.74. The zero-order valence-electron chi connectivity index (χ0n) is 12.3. The fraction of sp³-hybridized carbons (Fsp3) is 0.375. The molecule has 7 heteroatoms. The Bertz CT molecular complexity index is 767. The second kappa shape index (κ2) is 5.47. The molecule has 3 rings (SSSR count). The van der Waals surface area contributed by atoms with Gasteiger partial charge in [0, 0.05) is 23.7 Å². The van der Waals surface area contributed by atoms with Crippen molar-refractivity contribution in [2.24, 2.45) is 0 Å². The van der Waals surface area contributed by atoms with Crippen LogP contribution in [0.5, 0.6) is 0 Å². The van der Waals surface area contributed by atoms with Gasteiger partial charge < -0.3 is 4.90 Å². The molecule has 3 nitrogen and oxygen atoms in total. The van der Waals surface area contributed by atoms with E-state index in [0.29, 0.717) is 17.5 Å². The first-order valence-corrected chi connectivity index (χ1v) is 7.22. The highest BCUT2D eigenvalue weighted by molar-refractivity contribution is 6.06. The lowest BCUT2D eigenvalue weighted by molar-refractivity contribution is -0.169. The molecule has 1 saturated heterocycles. The number of carbonyl (C=O) groups is 1. The summed E-state index contributed by atoms with van der Waals surface area (Å²) in [6.07, 6.45) is -4.23. The largest absolute Gasteiger partial charge is 0.408 e. The number of hydrogen-bond donors (Lipinski definition) is 0. The molecule has 1 aromatic heterocycles. The molecule has 2 aromatic rings. The molecule has 0 radical (unpaired) electrons. The third kappa shape index (κ3) is 2.87. The monoisotopic (exact) mass is 326 g/mol. The van der Waals surface area contributed by atoms with E-state index in [1.165, 1.54) is 24.3 Å². The van der Waals surface area contributed by atoms with Gasteiger partial charge in [0.2, 0.25) is 0 Å². The first kappa shape index (κ1) is 15.7. The van der Waals surface area contributed by atoms with E-state index in [2.05, 4.69) is 4.98 Å². The van der Waals surface area contributed by atoms with Gasteiger partial charge in [0.05, 0.1) is 11.1 Å². The number of benzene rings is 1. The minimum absolute atomic E-state index is 0.0626. The summed E-state index contributed by atoms with van der Waals surface area (Å²) in [7, 11) is 0. The lowest BCUT2D eigenvalue weighted by Gasteiger charge is -2.27. The number of aryl methyl sites for hydroxylation is 1. The smallest absolute Gasteiger partial charge is 0.327 e. The second-order valence-electron chi connectivity index (χ2n) is 5.67. The Morgan fingerprint density at radius 3 is 2.74 bits per heavy atom. The summed E-state index contributed by atoms with van der Waals surface area (Å²) < 4.78 is 52.6. The van der Waals surface area contributed by atoms with E-state index < -0.39 is 23.9 Å². The summed E-state index contributed by atoms with van der Waals surface area (Å²) in [6, 6.07) is 3.40. The number of amides is 1. The van der Waals surface area contributed by atoms with E-state index in [1.54, 1.807) is 6.92 Å². The zero-order valence-corrected chi connectivity index (χ0v) is 12.3. The second-order valence-corrected chi connectivity index (χ2v) is 5.67. The number of pyridine rings is 1. The van der Waals surface area contributed by atoms with Crippen LogP contribution in [0, 0.1) is 12.7 Å². The van der Waals surface area contributed by atoms with Crippen molar-refractivity contribution in [1.29, 1.82) is 0 Å². The maximum absolute atomic E-state index is 13.3. The average Bonchev–Trinajstić information content (AvgIpc) is 2.94. The zero-order chi connectivity index (χ0) is 16.8. The Labute approximate surface area is 129 Å². The number of rotatable bonds is 1. The lowest BCUT2D eigenvalue weighted by Crippen LogP contribution is -2.44. The van der Waals surface area contributed by atoms with Crippen LogP contribution in [-0.2, 0) is 0 Å². The van der Waals surface area contributed by atoms with Crippen LogP contribution in [0.25, 0.3) is 10.9 Å². The van der Waals surface area contributed by atoms with Crippen LogP contribution in [0.4, 0.5) is 17.6 Å². The number of fused-ring (bicyclic) bond motifs is 1. The van der Waals surface area contributed by atoms with Crippen LogP contribution < -0.4 is 0 Å².